The molecule has 15 heteroatoms. The van der Waals surface area contributed by atoms with Gasteiger partial charge in [0.25, 0.3) is 15.7 Å². The molecule has 0 radical (unpaired) electrons. The highest BCUT2D eigenvalue weighted by molar-refractivity contribution is 7.92. The van der Waals surface area contributed by atoms with Crippen molar-refractivity contribution in [3.63, 3.8) is 0 Å². The molecule has 0 aliphatic carbocycles. The summed E-state index contributed by atoms with van der Waals surface area (Å²) in [5, 5.41) is 11.2. The van der Waals surface area contributed by atoms with E-state index >= 15 is 0 Å². The Morgan fingerprint density at radius 3 is 2.22 bits per heavy atom. The molecule has 0 unspecified atom stereocenters. The fourth-order valence-corrected chi connectivity index (χ4v) is 4.62. The van der Waals surface area contributed by atoms with E-state index < -0.39 is 48.8 Å². The molecule has 4 rings (SSSR count). The number of halogens is 5. The Morgan fingerprint density at radius 2 is 1.61 bits per heavy atom. The van der Waals surface area contributed by atoms with Gasteiger partial charge >= 0.3 is 6.18 Å². The van der Waals surface area contributed by atoms with E-state index in [1.165, 1.54) is 0 Å². The maximum absolute atomic E-state index is 13.8. The Kier molecular flexibility index (Phi) is 6.58. The first-order valence-electron chi connectivity index (χ1n) is 9.80. The van der Waals surface area contributed by atoms with E-state index in [0.717, 1.165) is 42.5 Å². The zero-order chi connectivity index (χ0) is 26.3. The van der Waals surface area contributed by atoms with E-state index in [1.807, 2.05) is 0 Å². The van der Waals surface area contributed by atoms with Gasteiger partial charge in [-0.15, -0.1) is 0 Å². The molecule has 0 aromatic heterocycles. The molecule has 3 aromatic carbocycles. The topological polar surface area (TPSA) is 117 Å². The molecule has 0 amide bonds. The lowest BCUT2D eigenvalue weighted by Crippen LogP contribution is -2.20. The van der Waals surface area contributed by atoms with E-state index in [2.05, 4.69) is 0 Å². The number of nitro groups is 1. The van der Waals surface area contributed by atoms with Gasteiger partial charge in [-0.05, 0) is 30.3 Å². The Morgan fingerprint density at radius 1 is 1.00 bits per heavy atom. The molecule has 0 saturated heterocycles. The van der Waals surface area contributed by atoms with Crippen molar-refractivity contribution in [1.29, 1.82) is 0 Å². The van der Waals surface area contributed by atoms with Crippen molar-refractivity contribution in [2.24, 2.45) is 0 Å². The fraction of sp³-hybridized carbons (Fsp3) is 0.143. The minimum absolute atomic E-state index is 0.0384. The highest BCUT2D eigenvalue weighted by Gasteiger charge is 2.37. The minimum Gasteiger partial charge on any atom is -0.486 e. The molecule has 1 N–H and O–H groups in total. The number of sulfonamides is 1. The summed E-state index contributed by atoms with van der Waals surface area (Å²) in [7, 11) is -4.91. The maximum atomic E-state index is 13.8. The average molecular weight is 549 g/mol. The fourth-order valence-electron chi connectivity index (χ4n) is 3.20. The van der Waals surface area contributed by atoms with Gasteiger partial charge in [0.05, 0.1) is 27.3 Å². The van der Waals surface area contributed by atoms with Crippen LogP contribution in [-0.4, -0.2) is 26.6 Å². The van der Waals surface area contributed by atoms with Crippen molar-refractivity contribution in [3.05, 3.63) is 75.0 Å². The SMILES string of the molecule is O=[N+]([O-])c1cc2c(cc1S(=O)(=O)Nc1ccc(Oc3ccc(F)c(Cl)c3)cc1C(F)(F)F)OCCO2. The third-order valence-electron chi connectivity index (χ3n) is 4.78. The first-order chi connectivity index (χ1) is 16.8. The summed E-state index contributed by atoms with van der Waals surface area (Å²) in [6.45, 7) is 0.110. The number of anilines is 1. The lowest BCUT2D eigenvalue weighted by atomic mass is 10.1. The summed E-state index contributed by atoms with van der Waals surface area (Å²) in [4.78, 5) is 9.55. The van der Waals surface area contributed by atoms with Gasteiger partial charge in [-0.2, -0.15) is 13.2 Å². The second-order valence-corrected chi connectivity index (χ2v) is 9.27. The van der Waals surface area contributed by atoms with E-state index in [9.17, 15) is 36.1 Å². The van der Waals surface area contributed by atoms with Crippen LogP contribution in [-0.2, 0) is 16.2 Å². The zero-order valence-electron chi connectivity index (χ0n) is 17.6. The summed E-state index contributed by atoms with van der Waals surface area (Å²) in [5.41, 5.74) is -3.29. The summed E-state index contributed by atoms with van der Waals surface area (Å²) in [6, 6.07) is 7.04. The van der Waals surface area contributed by atoms with Crippen molar-refractivity contribution in [2.75, 3.05) is 17.9 Å². The number of nitro benzene ring substituents is 1. The maximum Gasteiger partial charge on any atom is 0.418 e. The number of nitrogens with zero attached hydrogens (tertiary/aromatic N) is 1. The van der Waals surface area contributed by atoms with Crippen LogP contribution in [0.1, 0.15) is 5.56 Å². The van der Waals surface area contributed by atoms with Crippen molar-refractivity contribution in [1.82, 2.24) is 0 Å². The first kappa shape index (κ1) is 25.3. The number of nitrogens with one attached hydrogen (secondary N) is 1. The molecular weight excluding hydrogens is 536 g/mol. The van der Waals surface area contributed by atoms with Crippen molar-refractivity contribution in [3.8, 4) is 23.0 Å². The van der Waals surface area contributed by atoms with Crippen LogP contribution in [0.4, 0.5) is 28.9 Å². The number of hydrogen-bond donors (Lipinski definition) is 1. The number of ether oxygens (including phenoxy) is 3. The Balaban J connectivity index is 1.72. The van der Waals surface area contributed by atoms with Gasteiger partial charge in [-0.3, -0.25) is 14.8 Å². The Labute approximate surface area is 205 Å². The number of alkyl halides is 3. The lowest BCUT2D eigenvalue weighted by Gasteiger charge is -2.20. The van der Waals surface area contributed by atoms with E-state index in [-0.39, 0.29) is 41.2 Å². The van der Waals surface area contributed by atoms with Crippen molar-refractivity contribution < 1.29 is 45.1 Å². The second-order valence-electron chi connectivity index (χ2n) is 7.21. The molecule has 9 nitrogen and oxygen atoms in total. The quantitative estimate of drug-likeness (QED) is 0.236. The summed E-state index contributed by atoms with van der Waals surface area (Å²) in [5.74, 6) is -1.40. The molecule has 0 bridgehead atoms. The first-order valence-corrected chi connectivity index (χ1v) is 11.7. The van der Waals surface area contributed by atoms with Crippen LogP contribution in [0.15, 0.2) is 53.4 Å². The zero-order valence-corrected chi connectivity index (χ0v) is 19.2. The average Bonchev–Trinajstić information content (AvgIpc) is 2.80. The standard InChI is InChI=1S/C21H13ClF4N2O7S/c22-14-8-12(1-3-15(14)23)35-11-2-4-16(13(7-11)21(24,25)26)27-36(31,32)20-10-19-18(33-5-6-34-19)9-17(20)28(29)30/h1-4,7-10,27H,5-6H2. The monoisotopic (exact) mass is 548 g/mol. The Bertz CT molecular complexity index is 1470. The molecular formula is C21H13ClF4N2O7S. The smallest absolute Gasteiger partial charge is 0.418 e. The third-order valence-corrected chi connectivity index (χ3v) is 6.46. The van der Waals surface area contributed by atoms with Crippen LogP contribution in [0, 0.1) is 15.9 Å². The summed E-state index contributed by atoms with van der Waals surface area (Å²) in [6.07, 6.45) is -5.06. The lowest BCUT2D eigenvalue weighted by molar-refractivity contribution is -0.387. The molecule has 1 aliphatic heterocycles. The molecule has 36 heavy (non-hydrogen) atoms. The van der Waals surface area contributed by atoms with Crippen LogP contribution in [0.25, 0.3) is 0 Å². The molecule has 3 aromatic rings. The van der Waals surface area contributed by atoms with Gasteiger partial charge in [-0.1, -0.05) is 11.6 Å². The van der Waals surface area contributed by atoms with E-state index in [1.54, 1.807) is 4.72 Å². The third kappa shape index (κ3) is 5.23. The van der Waals surface area contributed by atoms with E-state index in [4.69, 9.17) is 25.8 Å². The van der Waals surface area contributed by atoms with Crippen LogP contribution < -0.4 is 18.9 Å². The van der Waals surface area contributed by atoms with Gasteiger partial charge < -0.3 is 14.2 Å². The highest BCUT2D eigenvalue weighted by Crippen LogP contribution is 2.42. The van der Waals surface area contributed by atoms with Crippen LogP contribution >= 0.6 is 11.6 Å². The molecule has 0 atom stereocenters. The van der Waals surface area contributed by atoms with E-state index in [0.29, 0.717) is 6.07 Å². The number of benzene rings is 3. The highest BCUT2D eigenvalue weighted by atomic mass is 35.5. The second kappa shape index (κ2) is 9.35. The molecule has 1 aliphatic rings. The molecule has 0 fully saturated rings. The molecule has 0 saturated carbocycles. The predicted molar refractivity (Wildman–Crippen MR) is 118 cm³/mol. The van der Waals surface area contributed by atoms with Gasteiger partial charge in [0.2, 0.25) is 0 Å². The van der Waals surface area contributed by atoms with Gasteiger partial charge in [0, 0.05) is 12.1 Å². The van der Waals surface area contributed by atoms with Crippen LogP contribution in [0.2, 0.25) is 5.02 Å². The number of rotatable bonds is 6. The summed E-state index contributed by atoms with van der Waals surface area (Å²) < 4.78 is 98.1. The van der Waals surface area contributed by atoms with Crippen LogP contribution in [0.5, 0.6) is 23.0 Å². The Hall–Kier alpha value is -3.78. The van der Waals surface area contributed by atoms with Crippen LogP contribution in [0.3, 0.4) is 0 Å². The predicted octanol–water partition coefficient (Wildman–Crippen LogP) is 5.77. The molecule has 190 valence electrons. The molecule has 0 spiro atoms. The van der Waals surface area contributed by atoms with Gasteiger partial charge in [0.15, 0.2) is 16.4 Å². The van der Waals surface area contributed by atoms with Crippen molar-refractivity contribution >= 4 is 33.0 Å². The summed E-state index contributed by atoms with van der Waals surface area (Å²) >= 11 is 5.64. The normalized spacial score (nSPS) is 13.2. The van der Waals surface area contributed by atoms with Gasteiger partial charge in [0.1, 0.15) is 30.5 Å². The molecule has 1 heterocycles. The number of hydrogen-bond acceptors (Lipinski definition) is 7. The number of fused-ring (bicyclic) bond motifs is 1. The minimum atomic E-state index is -5.06. The largest absolute Gasteiger partial charge is 0.486 e. The van der Waals surface area contributed by atoms with Crippen molar-refractivity contribution in [2.45, 2.75) is 11.1 Å². The van der Waals surface area contributed by atoms with Gasteiger partial charge in [-0.25, -0.2) is 12.8 Å².